The zero-order valence-electron chi connectivity index (χ0n) is 16.3. The summed E-state index contributed by atoms with van der Waals surface area (Å²) in [7, 11) is 0. The molecular formula is C18H38O7. The maximum atomic E-state index is 10.1. The summed E-state index contributed by atoms with van der Waals surface area (Å²) in [4.78, 5) is 20.1. The molecule has 0 fully saturated rings. The summed E-state index contributed by atoms with van der Waals surface area (Å²) >= 11 is 0. The topological polar surface area (TPSA) is 125 Å². The molecule has 0 heterocycles. The molecule has 0 spiro atoms. The van der Waals surface area contributed by atoms with E-state index < -0.39 is 12.3 Å². The third-order valence-electron chi connectivity index (χ3n) is 3.97. The van der Waals surface area contributed by atoms with Crippen molar-refractivity contribution in [3.63, 3.8) is 0 Å². The van der Waals surface area contributed by atoms with E-state index >= 15 is 0 Å². The van der Waals surface area contributed by atoms with Gasteiger partial charge in [0, 0.05) is 0 Å². The van der Waals surface area contributed by atoms with Gasteiger partial charge in [-0.15, -0.1) is 0 Å². The number of hydrogen-bond acceptors (Lipinski definition) is 4. The van der Waals surface area contributed by atoms with E-state index in [9.17, 15) is 9.59 Å². The van der Waals surface area contributed by atoms with E-state index in [1.54, 1.807) is 0 Å². The number of carbonyl (C=O) groups is 2. The van der Waals surface area contributed by atoms with Gasteiger partial charge in [-0.25, -0.2) is 9.59 Å². The van der Waals surface area contributed by atoms with E-state index in [-0.39, 0.29) is 5.48 Å². The van der Waals surface area contributed by atoms with Gasteiger partial charge in [0.1, 0.15) is 0 Å². The highest BCUT2D eigenvalue weighted by atomic mass is 16.7. The number of ether oxygens (including phenoxy) is 2. The zero-order chi connectivity index (χ0) is 18.8. The largest absolute Gasteiger partial charge is 0.505 e. The van der Waals surface area contributed by atoms with Crippen molar-refractivity contribution >= 4 is 12.3 Å². The fourth-order valence-corrected chi connectivity index (χ4v) is 2.17. The fraction of sp³-hybridized carbons (Fsp3) is 0.889. The molecule has 0 saturated carbocycles. The first-order chi connectivity index (χ1) is 11.4. The third-order valence-corrected chi connectivity index (χ3v) is 3.97. The van der Waals surface area contributed by atoms with Gasteiger partial charge in [0.25, 0.3) is 0 Å². The van der Waals surface area contributed by atoms with Crippen LogP contribution in [0.2, 0.25) is 0 Å². The fourth-order valence-electron chi connectivity index (χ4n) is 2.17. The minimum absolute atomic E-state index is 0. The summed E-state index contributed by atoms with van der Waals surface area (Å²) in [5, 5.41) is 16.5. The highest BCUT2D eigenvalue weighted by Crippen LogP contribution is 2.13. The van der Waals surface area contributed by atoms with Crippen LogP contribution in [0.1, 0.15) is 79.1 Å². The van der Waals surface area contributed by atoms with E-state index in [4.69, 9.17) is 10.2 Å². The molecule has 7 nitrogen and oxygen atoms in total. The van der Waals surface area contributed by atoms with Crippen molar-refractivity contribution < 1.29 is 34.8 Å². The molecule has 0 aliphatic heterocycles. The second kappa shape index (κ2) is 20.5. The van der Waals surface area contributed by atoms with Crippen molar-refractivity contribution in [2.24, 2.45) is 11.8 Å². The van der Waals surface area contributed by atoms with Crippen molar-refractivity contribution in [2.75, 3.05) is 13.2 Å². The van der Waals surface area contributed by atoms with Gasteiger partial charge < -0.3 is 25.2 Å². The average molecular weight is 366 g/mol. The van der Waals surface area contributed by atoms with E-state index in [1.807, 2.05) is 0 Å². The van der Waals surface area contributed by atoms with Crippen molar-refractivity contribution in [1.82, 2.24) is 0 Å². The van der Waals surface area contributed by atoms with Gasteiger partial charge in [0.15, 0.2) is 0 Å². The van der Waals surface area contributed by atoms with Crippen molar-refractivity contribution in [3.05, 3.63) is 0 Å². The van der Waals surface area contributed by atoms with Crippen LogP contribution in [0.4, 0.5) is 9.59 Å². The quantitative estimate of drug-likeness (QED) is 0.470. The van der Waals surface area contributed by atoms with Gasteiger partial charge in [0.2, 0.25) is 0 Å². The molecule has 0 rings (SSSR count). The molecule has 7 heteroatoms. The van der Waals surface area contributed by atoms with Crippen LogP contribution in [0.25, 0.3) is 0 Å². The Bertz CT molecular complexity index is 278. The maximum Gasteiger partial charge on any atom is 0.505 e. The maximum absolute atomic E-state index is 10.1. The number of unbranched alkanes of at least 4 members (excludes halogenated alkanes) is 2. The van der Waals surface area contributed by atoms with Crippen LogP contribution in [0.3, 0.4) is 0 Å². The van der Waals surface area contributed by atoms with E-state index in [0.29, 0.717) is 25.0 Å². The number of carboxylic acid groups (broad SMARTS) is 2. The summed E-state index contributed by atoms with van der Waals surface area (Å²) < 4.78 is 9.02. The lowest BCUT2D eigenvalue weighted by molar-refractivity contribution is 0.0733. The molecule has 0 radical (unpaired) electrons. The normalized spacial score (nSPS) is 12.0. The Morgan fingerprint density at radius 3 is 1.28 bits per heavy atom. The number of rotatable bonds is 12. The summed E-state index contributed by atoms with van der Waals surface area (Å²) in [6.07, 6.45) is 6.42. The third kappa shape index (κ3) is 22.5. The molecule has 2 atom stereocenters. The van der Waals surface area contributed by atoms with Gasteiger partial charge in [-0.2, -0.15) is 0 Å². The van der Waals surface area contributed by atoms with E-state index in [1.165, 1.54) is 0 Å². The van der Waals surface area contributed by atoms with Gasteiger partial charge >= 0.3 is 12.3 Å². The molecular weight excluding hydrogens is 328 g/mol. The molecule has 25 heavy (non-hydrogen) atoms. The molecule has 0 aliphatic rings. The SMILES string of the molecule is CCCCC(CC)COC(=O)O.CCCCC(CC)COC(=O)O.O. The lowest BCUT2D eigenvalue weighted by atomic mass is 10.0. The highest BCUT2D eigenvalue weighted by Gasteiger charge is 2.08. The Morgan fingerprint density at radius 1 is 0.760 bits per heavy atom. The molecule has 0 aromatic heterocycles. The molecule has 0 amide bonds. The van der Waals surface area contributed by atoms with Crippen molar-refractivity contribution in [3.8, 4) is 0 Å². The monoisotopic (exact) mass is 366 g/mol. The second-order valence-electron chi connectivity index (χ2n) is 5.99. The average Bonchev–Trinajstić information content (AvgIpc) is 2.55. The van der Waals surface area contributed by atoms with Gasteiger partial charge in [0.05, 0.1) is 13.2 Å². The predicted octanol–water partition coefficient (Wildman–Crippen LogP) is 4.97. The van der Waals surface area contributed by atoms with Crippen LogP contribution in [-0.4, -0.2) is 41.2 Å². The Kier molecular flexibility index (Phi) is 23.3. The Balaban J connectivity index is -0.000000372. The lowest BCUT2D eigenvalue weighted by Crippen LogP contribution is -2.11. The standard InChI is InChI=1S/2C9H18O3.H2O/c2*1-3-5-6-8(4-2)7-12-9(10)11;/h2*8H,3-7H2,1-2H3,(H,10,11);1H2. The van der Waals surface area contributed by atoms with Crippen LogP contribution in [-0.2, 0) is 9.47 Å². The molecule has 152 valence electrons. The van der Waals surface area contributed by atoms with Crippen LogP contribution >= 0.6 is 0 Å². The Morgan fingerprint density at radius 2 is 1.08 bits per heavy atom. The van der Waals surface area contributed by atoms with Gasteiger partial charge in [-0.1, -0.05) is 66.2 Å². The minimum atomic E-state index is -1.16. The van der Waals surface area contributed by atoms with Crippen LogP contribution in [0, 0.1) is 11.8 Å². The molecule has 0 saturated heterocycles. The van der Waals surface area contributed by atoms with Gasteiger partial charge in [-0.3, -0.25) is 0 Å². The Hall–Kier alpha value is -1.50. The molecule has 0 aliphatic carbocycles. The Labute approximate surface area is 152 Å². The smallest absolute Gasteiger partial charge is 0.450 e. The molecule has 0 aromatic rings. The van der Waals surface area contributed by atoms with Crippen molar-refractivity contribution in [2.45, 2.75) is 79.1 Å². The van der Waals surface area contributed by atoms with Gasteiger partial charge in [-0.05, 0) is 24.7 Å². The first-order valence-electron chi connectivity index (χ1n) is 9.12. The second-order valence-corrected chi connectivity index (χ2v) is 5.99. The van der Waals surface area contributed by atoms with Crippen LogP contribution in [0.5, 0.6) is 0 Å². The molecule has 4 N–H and O–H groups in total. The summed E-state index contributed by atoms with van der Waals surface area (Å²) in [5.41, 5.74) is 0. The van der Waals surface area contributed by atoms with Crippen LogP contribution < -0.4 is 0 Å². The van der Waals surface area contributed by atoms with Crippen molar-refractivity contribution in [1.29, 1.82) is 0 Å². The summed E-state index contributed by atoms with van der Waals surface area (Å²) in [5.74, 6) is 0.807. The zero-order valence-corrected chi connectivity index (χ0v) is 16.3. The summed E-state index contributed by atoms with van der Waals surface area (Å²) in [6.45, 7) is 9.09. The minimum Gasteiger partial charge on any atom is -0.450 e. The highest BCUT2D eigenvalue weighted by molar-refractivity contribution is 5.56. The first-order valence-corrected chi connectivity index (χ1v) is 9.12. The summed E-state index contributed by atoms with van der Waals surface area (Å²) in [6, 6.07) is 0. The van der Waals surface area contributed by atoms with Crippen LogP contribution in [0.15, 0.2) is 0 Å². The first kappa shape index (κ1) is 28.3. The van der Waals surface area contributed by atoms with E-state index in [0.717, 1.165) is 51.4 Å². The number of hydrogen-bond donors (Lipinski definition) is 2. The lowest BCUT2D eigenvalue weighted by Gasteiger charge is -2.12. The molecule has 0 aromatic carbocycles. The molecule has 0 bridgehead atoms. The predicted molar refractivity (Wildman–Crippen MR) is 98.2 cm³/mol. The molecule has 2 unspecified atom stereocenters. The van der Waals surface area contributed by atoms with E-state index in [2.05, 4.69) is 37.2 Å².